The Morgan fingerprint density at radius 3 is 2.55 bits per heavy atom. The molecule has 1 aromatic carbocycles. The predicted molar refractivity (Wildman–Crippen MR) is 72.5 cm³/mol. The van der Waals surface area contributed by atoms with Crippen LogP contribution in [-0.2, 0) is 4.74 Å². The number of halogens is 1. The van der Waals surface area contributed by atoms with Crippen molar-refractivity contribution in [3.8, 4) is 11.3 Å². The lowest BCUT2D eigenvalue weighted by Gasteiger charge is -2.11. The Balaban J connectivity index is 2.61. The van der Waals surface area contributed by atoms with Gasteiger partial charge in [-0.2, -0.15) is 0 Å². The van der Waals surface area contributed by atoms with Crippen molar-refractivity contribution in [3.63, 3.8) is 0 Å². The van der Waals surface area contributed by atoms with Crippen molar-refractivity contribution in [2.75, 3.05) is 12.3 Å². The van der Waals surface area contributed by atoms with Gasteiger partial charge in [-0.25, -0.2) is 19.2 Å². The largest absolute Gasteiger partial charge is 0.462 e. The highest BCUT2D eigenvalue weighted by molar-refractivity contribution is 5.97. The van der Waals surface area contributed by atoms with Crippen molar-refractivity contribution in [1.82, 2.24) is 9.97 Å². The Hall–Kier alpha value is -2.50. The molecule has 0 atom stereocenters. The minimum absolute atomic E-state index is 0.0508. The van der Waals surface area contributed by atoms with Crippen molar-refractivity contribution >= 4 is 11.9 Å². The number of nitrogens with two attached hydrogens (primary N) is 1. The average Bonchev–Trinajstić information content (AvgIpc) is 2.38. The van der Waals surface area contributed by atoms with Crippen LogP contribution >= 0.6 is 0 Å². The fraction of sp³-hybridized carbons (Fsp3) is 0.214. The summed E-state index contributed by atoms with van der Waals surface area (Å²) in [7, 11) is 0. The summed E-state index contributed by atoms with van der Waals surface area (Å²) in [5.74, 6) is -0.843. The fourth-order valence-corrected chi connectivity index (χ4v) is 1.86. The van der Waals surface area contributed by atoms with Gasteiger partial charge in [0.2, 0.25) is 5.95 Å². The Labute approximate surface area is 115 Å². The lowest BCUT2D eigenvalue weighted by molar-refractivity contribution is 0.0525. The predicted octanol–water partition coefficient (Wildman–Crippen LogP) is 2.35. The first kappa shape index (κ1) is 13.9. The van der Waals surface area contributed by atoms with Gasteiger partial charge in [-0.15, -0.1) is 0 Å². The minimum Gasteiger partial charge on any atom is -0.462 e. The highest BCUT2D eigenvalue weighted by Crippen LogP contribution is 2.25. The molecule has 2 aromatic rings. The van der Waals surface area contributed by atoms with Crippen LogP contribution in [0.2, 0.25) is 0 Å². The van der Waals surface area contributed by atoms with Gasteiger partial charge < -0.3 is 10.5 Å². The molecule has 20 heavy (non-hydrogen) atoms. The van der Waals surface area contributed by atoms with E-state index in [0.717, 1.165) is 0 Å². The maximum absolute atomic E-state index is 13.0. The van der Waals surface area contributed by atoms with Crippen LogP contribution in [0.3, 0.4) is 0 Å². The van der Waals surface area contributed by atoms with Crippen LogP contribution in [-0.4, -0.2) is 22.5 Å². The monoisotopic (exact) mass is 275 g/mol. The first-order valence-electron chi connectivity index (χ1n) is 6.10. The number of benzene rings is 1. The van der Waals surface area contributed by atoms with Crippen LogP contribution in [0.5, 0.6) is 0 Å². The van der Waals surface area contributed by atoms with Crippen LogP contribution in [0.15, 0.2) is 24.3 Å². The number of carbonyl (C=O) groups is 1. The van der Waals surface area contributed by atoms with Crippen molar-refractivity contribution in [1.29, 1.82) is 0 Å². The third kappa shape index (κ3) is 2.74. The lowest BCUT2D eigenvalue weighted by Crippen LogP contribution is -2.13. The van der Waals surface area contributed by atoms with Gasteiger partial charge >= 0.3 is 5.97 Å². The zero-order chi connectivity index (χ0) is 14.7. The van der Waals surface area contributed by atoms with E-state index < -0.39 is 5.97 Å². The van der Waals surface area contributed by atoms with Gasteiger partial charge in [-0.05, 0) is 38.1 Å². The second kappa shape index (κ2) is 5.64. The third-order valence-corrected chi connectivity index (χ3v) is 2.70. The molecule has 104 valence electrons. The van der Waals surface area contributed by atoms with Gasteiger partial charge in [0.1, 0.15) is 11.4 Å². The molecule has 0 saturated heterocycles. The molecule has 5 nitrogen and oxygen atoms in total. The summed E-state index contributed by atoms with van der Waals surface area (Å²) in [5, 5.41) is 0. The standard InChI is InChI=1S/C14H14FN3O2/c1-3-20-13(19)11-8(2)17-14(16)18-12(11)9-4-6-10(15)7-5-9/h4-7H,3H2,1-2H3,(H2,16,17,18). The number of carbonyl (C=O) groups excluding carboxylic acids is 1. The molecule has 0 fully saturated rings. The van der Waals surface area contributed by atoms with Crippen molar-refractivity contribution in [3.05, 3.63) is 41.3 Å². The van der Waals surface area contributed by atoms with E-state index in [-0.39, 0.29) is 23.9 Å². The van der Waals surface area contributed by atoms with E-state index in [9.17, 15) is 9.18 Å². The van der Waals surface area contributed by atoms with Crippen LogP contribution < -0.4 is 5.73 Å². The van der Waals surface area contributed by atoms with Gasteiger partial charge in [0.15, 0.2) is 0 Å². The van der Waals surface area contributed by atoms with E-state index in [0.29, 0.717) is 17.0 Å². The number of esters is 1. The number of nitrogens with zero attached hydrogens (tertiary/aromatic N) is 2. The normalized spacial score (nSPS) is 10.3. The van der Waals surface area contributed by atoms with E-state index in [1.807, 2.05) is 0 Å². The molecule has 0 radical (unpaired) electrons. The summed E-state index contributed by atoms with van der Waals surface area (Å²) in [4.78, 5) is 20.1. The van der Waals surface area contributed by atoms with E-state index in [2.05, 4.69) is 9.97 Å². The Morgan fingerprint density at radius 2 is 1.95 bits per heavy atom. The van der Waals surface area contributed by atoms with Crippen molar-refractivity contribution < 1.29 is 13.9 Å². The quantitative estimate of drug-likeness (QED) is 0.870. The summed E-state index contributed by atoms with van der Waals surface area (Å²) in [6.45, 7) is 3.60. The average molecular weight is 275 g/mol. The first-order chi connectivity index (χ1) is 9.52. The number of ether oxygens (including phenoxy) is 1. The molecule has 6 heteroatoms. The molecule has 2 N–H and O–H groups in total. The zero-order valence-corrected chi connectivity index (χ0v) is 11.2. The number of anilines is 1. The summed E-state index contributed by atoms with van der Waals surface area (Å²) in [6, 6.07) is 5.63. The summed E-state index contributed by atoms with van der Waals surface area (Å²) in [6.07, 6.45) is 0. The summed E-state index contributed by atoms with van der Waals surface area (Å²) in [5.41, 5.74) is 7.21. The molecule has 0 aliphatic rings. The molecule has 0 aliphatic heterocycles. The van der Waals surface area contributed by atoms with E-state index in [4.69, 9.17) is 10.5 Å². The van der Waals surface area contributed by atoms with Crippen LogP contribution in [0, 0.1) is 12.7 Å². The molecule has 0 saturated carbocycles. The van der Waals surface area contributed by atoms with Gasteiger partial charge in [0.25, 0.3) is 0 Å². The van der Waals surface area contributed by atoms with Gasteiger partial charge in [-0.1, -0.05) is 0 Å². The van der Waals surface area contributed by atoms with Gasteiger partial charge in [-0.3, -0.25) is 0 Å². The number of nitrogen functional groups attached to an aromatic ring is 1. The second-order valence-corrected chi connectivity index (χ2v) is 4.12. The highest BCUT2D eigenvalue weighted by Gasteiger charge is 2.20. The van der Waals surface area contributed by atoms with Crippen LogP contribution in [0.1, 0.15) is 23.0 Å². The highest BCUT2D eigenvalue weighted by atomic mass is 19.1. The van der Waals surface area contributed by atoms with Gasteiger partial charge in [0.05, 0.1) is 18.0 Å². The number of aryl methyl sites for hydroxylation is 1. The SMILES string of the molecule is CCOC(=O)c1c(C)nc(N)nc1-c1ccc(F)cc1. The van der Waals surface area contributed by atoms with Crippen LogP contribution in [0.4, 0.5) is 10.3 Å². The summed E-state index contributed by atoms with van der Waals surface area (Å²) < 4.78 is 18.0. The molecular weight excluding hydrogens is 261 g/mol. The topological polar surface area (TPSA) is 78.1 Å². The third-order valence-electron chi connectivity index (χ3n) is 2.70. The minimum atomic E-state index is -0.524. The van der Waals surface area contributed by atoms with E-state index >= 15 is 0 Å². The lowest BCUT2D eigenvalue weighted by atomic mass is 10.0. The Kier molecular flexibility index (Phi) is 3.93. The second-order valence-electron chi connectivity index (χ2n) is 4.12. The molecule has 0 unspecified atom stereocenters. The summed E-state index contributed by atoms with van der Waals surface area (Å²) >= 11 is 0. The first-order valence-corrected chi connectivity index (χ1v) is 6.10. The number of rotatable bonds is 3. The molecule has 2 rings (SSSR count). The molecule has 1 aromatic heterocycles. The number of aromatic nitrogens is 2. The zero-order valence-electron chi connectivity index (χ0n) is 11.2. The molecule has 0 amide bonds. The molecular formula is C14H14FN3O2. The smallest absolute Gasteiger partial charge is 0.342 e. The molecule has 1 heterocycles. The molecule has 0 bridgehead atoms. The maximum Gasteiger partial charge on any atom is 0.342 e. The van der Waals surface area contributed by atoms with Crippen molar-refractivity contribution in [2.24, 2.45) is 0 Å². The van der Waals surface area contributed by atoms with Crippen molar-refractivity contribution in [2.45, 2.75) is 13.8 Å². The van der Waals surface area contributed by atoms with Crippen LogP contribution in [0.25, 0.3) is 11.3 Å². The van der Waals surface area contributed by atoms with E-state index in [1.54, 1.807) is 13.8 Å². The fourth-order valence-electron chi connectivity index (χ4n) is 1.86. The number of hydrogen-bond acceptors (Lipinski definition) is 5. The molecule has 0 spiro atoms. The number of hydrogen-bond donors (Lipinski definition) is 1. The maximum atomic E-state index is 13.0. The van der Waals surface area contributed by atoms with E-state index in [1.165, 1.54) is 24.3 Å². The Bertz CT molecular complexity index is 642. The Morgan fingerprint density at radius 1 is 1.30 bits per heavy atom. The van der Waals surface area contributed by atoms with Gasteiger partial charge in [0, 0.05) is 5.56 Å². The molecule has 0 aliphatic carbocycles.